The van der Waals surface area contributed by atoms with Gasteiger partial charge in [-0.15, -0.1) is 0 Å². The van der Waals surface area contributed by atoms with Gasteiger partial charge in [0, 0.05) is 6.42 Å². The van der Waals surface area contributed by atoms with Crippen LogP contribution in [0, 0.1) is 0 Å². The largest absolute Gasteiger partial charge is 0.481 e. The van der Waals surface area contributed by atoms with Crippen LogP contribution in [-0.4, -0.2) is 11.1 Å². The van der Waals surface area contributed by atoms with Crippen LogP contribution in [0.4, 0.5) is 0 Å². The molecule has 2 nitrogen and oxygen atoms in total. The SMILES string of the molecule is O=C(O)CCCCCCCC=Cc1ccc(-c2ccccc2)cc1. The number of unbranched alkanes of at least 4 members (excludes halogenated alkanes) is 5. The standard InChI is InChI=1S/C22H26O2/c23-22(24)14-10-5-3-1-2-4-7-11-19-15-17-21(18-16-19)20-12-8-6-9-13-20/h6-9,11-13,15-18H,1-5,10,14H2,(H,23,24). The molecule has 0 spiro atoms. The summed E-state index contributed by atoms with van der Waals surface area (Å²) < 4.78 is 0. The van der Waals surface area contributed by atoms with Gasteiger partial charge in [0.2, 0.25) is 0 Å². The molecule has 0 fully saturated rings. The first kappa shape index (κ1) is 18.0. The van der Waals surface area contributed by atoms with Crippen molar-refractivity contribution in [3.8, 4) is 11.1 Å². The lowest BCUT2D eigenvalue weighted by Crippen LogP contribution is -1.93. The monoisotopic (exact) mass is 322 g/mol. The van der Waals surface area contributed by atoms with Gasteiger partial charge in [0.05, 0.1) is 0 Å². The van der Waals surface area contributed by atoms with E-state index in [4.69, 9.17) is 5.11 Å². The van der Waals surface area contributed by atoms with Gasteiger partial charge in [-0.3, -0.25) is 4.79 Å². The smallest absolute Gasteiger partial charge is 0.303 e. The van der Waals surface area contributed by atoms with E-state index in [1.54, 1.807) is 0 Å². The van der Waals surface area contributed by atoms with Crippen molar-refractivity contribution in [1.29, 1.82) is 0 Å². The Kier molecular flexibility index (Phi) is 7.82. The first-order chi connectivity index (χ1) is 11.8. The zero-order chi connectivity index (χ0) is 17.0. The number of carbonyl (C=O) groups is 1. The van der Waals surface area contributed by atoms with Crippen molar-refractivity contribution in [1.82, 2.24) is 0 Å². The predicted octanol–water partition coefficient (Wildman–Crippen LogP) is 6.18. The van der Waals surface area contributed by atoms with E-state index in [9.17, 15) is 4.79 Å². The summed E-state index contributed by atoms with van der Waals surface area (Å²) in [6.07, 6.45) is 11.1. The van der Waals surface area contributed by atoms with Crippen molar-refractivity contribution < 1.29 is 9.90 Å². The van der Waals surface area contributed by atoms with E-state index in [0.717, 1.165) is 25.7 Å². The minimum Gasteiger partial charge on any atom is -0.481 e. The lowest BCUT2D eigenvalue weighted by atomic mass is 10.0. The average Bonchev–Trinajstić information content (AvgIpc) is 2.61. The lowest BCUT2D eigenvalue weighted by molar-refractivity contribution is -0.137. The van der Waals surface area contributed by atoms with Crippen LogP contribution in [0.25, 0.3) is 17.2 Å². The molecule has 0 saturated carbocycles. The normalized spacial score (nSPS) is 11.0. The van der Waals surface area contributed by atoms with Gasteiger partial charge < -0.3 is 5.11 Å². The fourth-order valence-corrected chi connectivity index (χ4v) is 2.71. The summed E-state index contributed by atoms with van der Waals surface area (Å²) in [7, 11) is 0. The van der Waals surface area contributed by atoms with Gasteiger partial charge in [-0.25, -0.2) is 0 Å². The van der Waals surface area contributed by atoms with Gasteiger partial charge in [-0.05, 0) is 36.0 Å². The van der Waals surface area contributed by atoms with Gasteiger partial charge in [-0.1, -0.05) is 86.0 Å². The Bertz CT molecular complexity index is 627. The highest BCUT2D eigenvalue weighted by Gasteiger charge is 1.97. The van der Waals surface area contributed by atoms with Crippen LogP contribution >= 0.6 is 0 Å². The molecule has 0 radical (unpaired) electrons. The molecule has 24 heavy (non-hydrogen) atoms. The number of rotatable bonds is 10. The molecule has 0 atom stereocenters. The van der Waals surface area contributed by atoms with Crippen LogP contribution in [0.2, 0.25) is 0 Å². The molecule has 0 bridgehead atoms. The van der Waals surface area contributed by atoms with Gasteiger partial charge in [0.15, 0.2) is 0 Å². The van der Waals surface area contributed by atoms with Crippen LogP contribution in [0.3, 0.4) is 0 Å². The summed E-state index contributed by atoms with van der Waals surface area (Å²) in [5.41, 5.74) is 3.72. The third-order valence-corrected chi connectivity index (χ3v) is 4.09. The Balaban J connectivity index is 1.65. The molecular formula is C22H26O2. The molecule has 2 aromatic carbocycles. The van der Waals surface area contributed by atoms with E-state index in [0.29, 0.717) is 6.42 Å². The predicted molar refractivity (Wildman–Crippen MR) is 101 cm³/mol. The molecule has 0 saturated heterocycles. The maximum atomic E-state index is 10.4. The second-order valence-corrected chi connectivity index (χ2v) is 6.09. The molecule has 2 rings (SSSR count). The zero-order valence-corrected chi connectivity index (χ0v) is 14.2. The molecule has 2 heteroatoms. The first-order valence-electron chi connectivity index (χ1n) is 8.79. The highest BCUT2D eigenvalue weighted by molar-refractivity contribution is 5.66. The van der Waals surface area contributed by atoms with Crippen LogP contribution in [-0.2, 0) is 4.79 Å². The second kappa shape index (κ2) is 10.4. The van der Waals surface area contributed by atoms with Crippen molar-refractivity contribution in [3.05, 3.63) is 66.2 Å². The van der Waals surface area contributed by atoms with Gasteiger partial charge in [-0.2, -0.15) is 0 Å². The number of benzene rings is 2. The van der Waals surface area contributed by atoms with E-state index in [2.05, 4.69) is 60.7 Å². The maximum absolute atomic E-state index is 10.4. The molecule has 0 aliphatic heterocycles. The quantitative estimate of drug-likeness (QED) is 0.530. The van der Waals surface area contributed by atoms with Crippen molar-refractivity contribution in [2.75, 3.05) is 0 Å². The third kappa shape index (κ3) is 6.82. The van der Waals surface area contributed by atoms with Crippen LogP contribution in [0.5, 0.6) is 0 Å². The van der Waals surface area contributed by atoms with E-state index < -0.39 is 5.97 Å². The summed E-state index contributed by atoms with van der Waals surface area (Å²) in [5.74, 6) is -0.684. The van der Waals surface area contributed by atoms with Gasteiger partial charge in [0.1, 0.15) is 0 Å². The number of hydrogen-bond donors (Lipinski definition) is 1. The molecule has 0 heterocycles. The number of hydrogen-bond acceptors (Lipinski definition) is 1. The Labute approximate surface area is 144 Å². The van der Waals surface area contributed by atoms with E-state index in [1.807, 2.05) is 6.07 Å². The topological polar surface area (TPSA) is 37.3 Å². The number of allylic oxidation sites excluding steroid dienone is 1. The summed E-state index contributed by atoms with van der Waals surface area (Å²) in [6.45, 7) is 0. The molecule has 126 valence electrons. The van der Waals surface area contributed by atoms with E-state index >= 15 is 0 Å². The summed E-state index contributed by atoms with van der Waals surface area (Å²) in [5, 5.41) is 8.57. The van der Waals surface area contributed by atoms with Crippen molar-refractivity contribution in [3.63, 3.8) is 0 Å². The molecule has 0 amide bonds. The molecule has 2 aromatic rings. The molecule has 0 aromatic heterocycles. The molecule has 0 unspecified atom stereocenters. The van der Waals surface area contributed by atoms with Gasteiger partial charge >= 0.3 is 5.97 Å². The fraction of sp³-hybridized carbons (Fsp3) is 0.318. The Morgan fingerprint density at radius 1 is 0.792 bits per heavy atom. The second-order valence-electron chi connectivity index (χ2n) is 6.09. The number of aliphatic carboxylic acids is 1. The van der Waals surface area contributed by atoms with Crippen LogP contribution in [0.15, 0.2) is 60.7 Å². The summed E-state index contributed by atoms with van der Waals surface area (Å²) >= 11 is 0. The first-order valence-corrected chi connectivity index (χ1v) is 8.79. The van der Waals surface area contributed by atoms with Crippen LogP contribution < -0.4 is 0 Å². The van der Waals surface area contributed by atoms with E-state index in [1.165, 1.54) is 29.5 Å². The Hall–Kier alpha value is -2.35. The molecular weight excluding hydrogens is 296 g/mol. The minimum absolute atomic E-state index is 0.304. The van der Waals surface area contributed by atoms with Crippen LogP contribution in [0.1, 0.15) is 50.5 Å². The van der Waals surface area contributed by atoms with Gasteiger partial charge in [0.25, 0.3) is 0 Å². The minimum atomic E-state index is -0.684. The summed E-state index contributed by atoms with van der Waals surface area (Å²) in [6, 6.07) is 19.1. The van der Waals surface area contributed by atoms with Crippen molar-refractivity contribution >= 4 is 12.0 Å². The maximum Gasteiger partial charge on any atom is 0.303 e. The Morgan fingerprint density at radius 3 is 2.12 bits per heavy atom. The molecule has 0 aliphatic rings. The van der Waals surface area contributed by atoms with Crippen molar-refractivity contribution in [2.45, 2.75) is 44.9 Å². The lowest BCUT2D eigenvalue weighted by Gasteiger charge is -2.02. The fourth-order valence-electron chi connectivity index (χ4n) is 2.71. The summed E-state index contributed by atoms with van der Waals surface area (Å²) in [4.78, 5) is 10.4. The molecule has 1 N–H and O–H groups in total. The average molecular weight is 322 g/mol. The molecule has 0 aliphatic carbocycles. The number of carboxylic acids is 1. The zero-order valence-electron chi connectivity index (χ0n) is 14.2. The van der Waals surface area contributed by atoms with Crippen molar-refractivity contribution in [2.24, 2.45) is 0 Å². The third-order valence-electron chi connectivity index (χ3n) is 4.09. The highest BCUT2D eigenvalue weighted by atomic mass is 16.4. The van der Waals surface area contributed by atoms with E-state index in [-0.39, 0.29) is 0 Å². The Morgan fingerprint density at radius 2 is 1.42 bits per heavy atom. The highest BCUT2D eigenvalue weighted by Crippen LogP contribution is 2.19. The number of carboxylic acid groups (broad SMARTS) is 1.